The van der Waals surface area contributed by atoms with E-state index in [2.05, 4.69) is 44.8 Å². The zero-order valence-electron chi connectivity index (χ0n) is 16.8. The van der Waals surface area contributed by atoms with Crippen molar-refractivity contribution in [3.05, 3.63) is 0 Å². The summed E-state index contributed by atoms with van der Waals surface area (Å²) in [5.74, 6) is 2.97. The van der Waals surface area contributed by atoms with E-state index in [0.717, 1.165) is 23.8 Å². The molecule has 4 bridgehead atoms. The number of fused-ring (bicyclic) bond motifs is 4. The Hall–Kier alpha value is -0.0800. The smallest absolute Gasteiger partial charge is 0.0110 e. The molecule has 5 rings (SSSR count). The quantitative estimate of drug-likeness (QED) is 0.743. The molecule has 4 aliphatic carbocycles. The summed E-state index contributed by atoms with van der Waals surface area (Å²) < 4.78 is 0. The van der Waals surface area contributed by atoms with Crippen molar-refractivity contribution in [2.45, 2.75) is 79.2 Å². The maximum absolute atomic E-state index is 3.85. The second kappa shape index (κ2) is 5.71. The monoisotopic (exact) mass is 332 g/mol. The van der Waals surface area contributed by atoms with Crippen LogP contribution in [0.4, 0.5) is 0 Å². The third kappa shape index (κ3) is 2.96. The second-order valence-corrected chi connectivity index (χ2v) is 11.6. The standard InChI is InChI=1S/C22H40N2/c1-20(2)11-18-12-22(5,14-20)15-24(18)9-8-23-13-16-6-7-17-10-19(16)21(17,3)4/h16-19,23H,6-15H2,1-5H3/t16-,17?,18?,19-,22?/m0/s1. The van der Waals surface area contributed by atoms with Crippen molar-refractivity contribution in [3.8, 4) is 0 Å². The number of nitrogens with one attached hydrogen (secondary N) is 1. The van der Waals surface area contributed by atoms with Crippen molar-refractivity contribution in [1.29, 1.82) is 0 Å². The van der Waals surface area contributed by atoms with Crippen molar-refractivity contribution in [3.63, 3.8) is 0 Å². The van der Waals surface area contributed by atoms with E-state index < -0.39 is 0 Å². The minimum Gasteiger partial charge on any atom is -0.315 e. The topological polar surface area (TPSA) is 15.3 Å². The van der Waals surface area contributed by atoms with E-state index in [-0.39, 0.29) is 0 Å². The van der Waals surface area contributed by atoms with Gasteiger partial charge in [-0.2, -0.15) is 0 Å². The first kappa shape index (κ1) is 17.3. The van der Waals surface area contributed by atoms with Crippen molar-refractivity contribution in [2.24, 2.45) is 34.0 Å². The Morgan fingerprint density at radius 3 is 2.54 bits per heavy atom. The molecule has 0 amide bonds. The van der Waals surface area contributed by atoms with Gasteiger partial charge in [-0.1, -0.05) is 34.6 Å². The number of rotatable bonds is 5. The molecule has 138 valence electrons. The molecule has 0 aromatic rings. The molecule has 1 heterocycles. The van der Waals surface area contributed by atoms with Crippen LogP contribution in [-0.4, -0.2) is 37.1 Å². The van der Waals surface area contributed by atoms with Gasteiger partial charge in [-0.15, -0.1) is 0 Å². The summed E-state index contributed by atoms with van der Waals surface area (Å²) in [5, 5.41) is 3.85. The predicted molar refractivity (Wildman–Crippen MR) is 102 cm³/mol. The SMILES string of the molecule is CC1(C)CC2CC(C)(CN2CCNC[C@@H]2CCC3C[C@@H]2C3(C)C)C1. The maximum Gasteiger partial charge on any atom is 0.0110 e. The Kier molecular flexibility index (Phi) is 4.12. The van der Waals surface area contributed by atoms with E-state index in [1.807, 2.05) is 0 Å². The number of likely N-dealkylation sites (tertiary alicyclic amines) is 1. The molecule has 0 radical (unpaired) electrons. The Bertz CT molecular complexity index is 480. The fraction of sp³-hybridized carbons (Fsp3) is 1.00. The third-order valence-corrected chi connectivity index (χ3v) is 8.51. The van der Waals surface area contributed by atoms with Gasteiger partial charge in [0.25, 0.3) is 0 Å². The van der Waals surface area contributed by atoms with E-state index in [0.29, 0.717) is 16.2 Å². The lowest BCUT2D eigenvalue weighted by atomic mass is 9.45. The van der Waals surface area contributed by atoms with Gasteiger partial charge in [-0.05, 0) is 79.1 Å². The third-order valence-electron chi connectivity index (χ3n) is 8.51. The molecule has 1 N–H and O–H groups in total. The van der Waals surface area contributed by atoms with Gasteiger partial charge < -0.3 is 5.32 Å². The first-order chi connectivity index (χ1) is 11.2. The molecule has 5 fully saturated rings. The molecule has 1 aliphatic heterocycles. The molecule has 2 heteroatoms. The summed E-state index contributed by atoms with van der Waals surface area (Å²) in [6.07, 6.45) is 8.74. The Balaban J connectivity index is 1.23. The molecular formula is C22H40N2. The highest BCUT2D eigenvalue weighted by atomic mass is 15.2. The first-order valence-electron chi connectivity index (χ1n) is 10.6. The summed E-state index contributed by atoms with van der Waals surface area (Å²) in [7, 11) is 0. The van der Waals surface area contributed by atoms with Crippen LogP contribution in [0.15, 0.2) is 0 Å². The van der Waals surface area contributed by atoms with Crippen LogP contribution < -0.4 is 5.32 Å². The normalized spacial score (nSPS) is 45.9. The van der Waals surface area contributed by atoms with Gasteiger partial charge >= 0.3 is 0 Å². The van der Waals surface area contributed by atoms with Gasteiger partial charge in [0.05, 0.1) is 0 Å². The molecule has 4 saturated carbocycles. The summed E-state index contributed by atoms with van der Waals surface area (Å²) in [6, 6.07) is 0.849. The molecular weight excluding hydrogens is 292 g/mol. The van der Waals surface area contributed by atoms with Gasteiger partial charge in [0.15, 0.2) is 0 Å². The van der Waals surface area contributed by atoms with Crippen LogP contribution in [-0.2, 0) is 0 Å². The van der Waals surface area contributed by atoms with Crippen LogP contribution in [0.25, 0.3) is 0 Å². The molecule has 3 unspecified atom stereocenters. The van der Waals surface area contributed by atoms with E-state index in [1.54, 1.807) is 0 Å². The van der Waals surface area contributed by atoms with Gasteiger partial charge in [0, 0.05) is 25.7 Å². The molecule has 5 aliphatic rings. The molecule has 0 aromatic carbocycles. The first-order valence-corrected chi connectivity index (χ1v) is 10.6. The van der Waals surface area contributed by atoms with Gasteiger partial charge in [0.2, 0.25) is 0 Å². The molecule has 5 atom stereocenters. The van der Waals surface area contributed by atoms with Gasteiger partial charge in [0.1, 0.15) is 0 Å². The van der Waals surface area contributed by atoms with Crippen molar-refractivity contribution in [1.82, 2.24) is 10.2 Å². The number of nitrogens with zero attached hydrogens (tertiary/aromatic N) is 1. The Labute approximate surface area is 150 Å². The van der Waals surface area contributed by atoms with Crippen molar-refractivity contribution in [2.75, 3.05) is 26.2 Å². The maximum atomic E-state index is 3.85. The minimum absolute atomic E-state index is 0.550. The van der Waals surface area contributed by atoms with E-state index >= 15 is 0 Å². The summed E-state index contributed by atoms with van der Waals surface area (Å²) in [5.41, 5.74) is 1.77. The zero-order valence-corrected chi connectivity index (χ0v) is 16.8. The van der Waals surface area contributed by atoms with Crippen molar-refractivity contribution < 1.29 is 0 Å². The lowest BCUT2D eigenvalue weighted by Gasteiger charge is -2.60. The second-order valence-electron chi connectivity index (χ2n) is 11.6. The highest BCUT2D eigenvalue weighted by molar-refractivity contribution is 5.04. The minimum atomic E-state index is 0.550. The highest BCUT2D eigenvalue weighted by Gasteiger charge is 2.54. The molecule has 24 heavy (non-hydrogen) atoms. The fourth-order valence-corrected chi connectivity index (χ4v) is 7.56. The summed E-state index contributed by atoms with van der Waals surface area (Å²) in [4.78, 5) is 2.81. The predicted octanol–water partition coefficient (Wildman–Crippen LogP) is 4.55. The largest absolute Gasteiger partial charge is 0.315 e. The fourth-order valence-electron chi connectivity index (χ4n) is 7.56. The van der Waals surface area contributed by atoms with Crippen LogP contribution in [0.2, 0.25) is 0 Å². The molecule has 0 spiro atoms. The molecule has 0 aromatic heterocycles. The Morgan fingerprint density at radius 1 is 1.04 bits per heavy atom. The van der Waals surface area contributed by atoms with Crippen LogP contribution >= 0.6 is 0 Å². The van der Waals surface area contributed by atoms with E-state index in [1.165, 1.54) is 64.7 Å². The average Bonchev–Trinajstić information content (AvgIpc) is 2.72. The van der Waals surface area contributed by atoms with Crippen LogP contribution in [0.1, 0.15) is 73.1 Å². The van der Waals surface area contributed by atoms with Crippen molar-refractivity contribution >= 4 is 0 Å². The summed E-state index contributed by atoms with van der Waals surface area (Å²) in [6.45, 7) is 17.6. The average molecular weight is 333 g/mol. The Morgan fingerprint density at radius 2 is 1.83 bits per heavy atom. The lowest BCUT2D eigenvalue weighted by Crippen LogP contribution is -2.54. The van der Waals surface area contributed by atoms with Gasteiger partial charge in [-0.25, -0.2) is 0 Å². The van der Waals surface area contributed by atoms with Crippen LogP contribution in [0.3, 0.4) is 0 Å². The van der Waals surface area contributed by atoms with Gasteiger partial charge in [-0.3, -0.25) is 4.90 Å². The summed E-state index contributed by atoms with van der Waals surface area (Å²) >= 11 is 0. The van der Waals surface area contributed by atoms with E-state index in [9.17, 15) is 0 Å². The van der Waals surface area contributed by atoms with E-state index in [4.69, 9.17) is 0 Å². The van der Waals surface area contributed by atoms with Crippen LogP contribution in [0.5, 0.6) is 0 Å². The lowest BCUT2D eigenvalue weighted by molar-refractivity contribution is -0.103. The molecule has 1 saturated heterocycles. The highest BCUT2D eigenvalue weighted by Crippen LogP contribution is 2.61. The number of hydrogen-bond donors (Lipinski definition) is 1. The zero-order chi connectivity index (χ0) is 17.2. The number of hydrogen-bond acceptors (Lipinski definition) is 2. The molecule has 2 nitrogen and oxygen atoms in total. The van der Waals surface area contributed by atoms with Crippen LogP contribution in [0, 0.1) is 34.0 Å².